The molecule has 0 atom stereocenters. The number of thiocarbonyl (C=S) groups is 1. The molecule has 0 spiro atoms. The molecule has 0 unspecified atom stereocenters. The molecule has 0 amide bonds. The number of aryl methyl sites for hydroxylation is 1. The SMILES string of the molecule is COc1ccc(C(N)=S)c(Nc2ccc(Br)cc2C)c1. The minimum Gasteiger partial charge on any atom is -0.497 e. The lowest BCUT2D eigenvalue weighted by atomic mass is 10.1. The van der Waals surface area contributed by atoms with Crippen LogP contribution >= 0.6 is 28.1 Å². The molecule has 0 aliphatic rings. The first-order valence-corrected chi connectivity index (χ1v) is 7.22. The zero-order valence-corrected chi connectivity index (χ0v) is 13.6. The fourth-order valence-electron chi connectivity index (χ4n) is 1.88. The number of hydrogen-bond donors (Lipinski definition) is 2. The smallest absolute Gasteiger partial charge is 0.120 e. The summed E-state index contributed by atoms with van der Waals surface area (Å²) in [5, 5.41) is 3.36. The molecule has 0 aromatic heterocycles. The molecular weight excluding hydrogens is 336 g/mol. The zero-order chi connectivity index (χ0) is 14.7. The van der Waals surface area contributed by atoms with Crippen molar-refractivity contribution >= 4 is 44.5 Å². The van der Waals surface area contributed by atoms with Crippen LogP contribution in [0.25, 0.3) is 0 Å². The number of benzene rings is 2. The van der Waals surface area contributed by atoms with Crippen molar-refractivity contribution < 1.29 is 4.74 Å². The molecule has 2 rings (SSSR count). The Morgan fingerprint density at radius 1 is 1.20 bits per heavy atom. The van der Waals surface area contributed by atoms with Crippen molar-refractivity contribution in [3.05, 3.63) is 52.0 Å². The van der Waals surface area contributed by atoms with Crippen molar-refractivity contribution in [1.82, 2.24) is 0 Å². The predicted molar refractivity (Wildman–Crippen MR) is 91.0 cm³/mol. The summed E-state index contributed by atoms with van der Waals surface area (Å²) in [6, 6.07) is 11.6. The van der Waals surface area contributed by atoms with E-state index < -0.39 is 0 Å². The van der Waals surface area contributed by atoms with Gasteiger partial charge in [-0.15, -0.1) is 0 Å². The van der Waals surface area contributed by atoms with Crippen molar-refractivity contribution in [3.63, 3.8) is 0 Å². The van der Waals surface area contributed by atoms with Gasteiger partial charge < -0.3 is 15.8 Å². The maximum absolute atomic E-state index is 5.77. The van der Waals surface area contributed by atoms with Crippen LogP contribution in [-0.4, -0.2) is 12.1 Å². The Balaban J connectivity index is 2.43. The van der Waals surface area contributed by atoms with Gasteiger partial charge in [-0.25, -0.2) is 0 Å². The molecule has 20 heavy (non-hydrogen) atoms. The van der Waals surface area contributed by atoms with Crippen LogP contribution in [0.3, 0.4) is 0 Å². The van der Waals surface area contributed by atoms with E-state index in [0.29, 0.717) is 4.99 Å². The van der Waals surface area contributed by atoms with Crippen molar-refractivity contribution in [2.45, 2.75) is 6.92 Å². The highest BCUT2D eigenvalue weighted by Crippen LogP contribution is 2.28. The molecular formula is C15H15BrN2OS. The average molecular weight is 351 g/mol. The van der Waals surface area contributed by atoms with Crippen molar-refractivity contribution in [3.8, 4) is 5.75 Å². The lowest BCUT2D eigenvalue weighted by molar-refractivity contribution is 0.415. The van der Waals surface area contributed by atoms with E-state index in [4.69, 9.17) is 22.7 Å². The third kappa shape index (κ3) is 3.29. The first-order valence-electron chi connectivity index (χ1n) is 6.02. The maximum atomic E-state index is 5.77. The van der Waals surface area contributed by atoms with E-state index in [1.165, 1.54) is 0 Å². The number of methoxy groups -OCH3 is 1. The lowest BCUT2D eigenvalue weighted by Crippen LogP contribution is -2.12. The summed E-state index contributed by atoms with van der Waals surface area (Å²) in [6.45, 7) is 2.04. The lowest BCUT2D eigenvalue weighted by Gasteiger charge is -2.14. The molecule has 0 aliphatic heterocycles. The summed E-state index contributed by atoms with van der Waals surface area (Å²) in [4.78, 5) is 0.352. The Kier molecular flexibility index (Phi) is 4.62. The molecule has 0 saturated carbocycles. The second-order valence-electron chi connectivity index (χ2n) is 4.36. The quantitative estimate of drug-likeness (QED) is 0.813. The Morgan fingerprint density at radius 2 is 1.95 bits per heavy atom. The van der Waals surface area contributed by atoms with Crippen LogP contribution in [0.1, 0.15) is 11.1 Å². The highest BCUT2D eigenvalue weighted by Gasteiger charge is 2.08. The predicted octanol–water partition coefficient (Wildman–Crippen LogP) is 4.14. The number of rotatable bonds is 4. The minimum atomic E-state index is 0.352. The molecule has 5 heteroatoms. The Hall–Kier alpha value is -1.59. The first-order chi connectivity index (χ1) is 9.51. The van der Waals surface area contributed by atoms with Gasteiger partial charge in [0.1, 0.15) is 10.7 Å². The van der Waals surface area contributed by atoms with Crippen LogP contribution < -0.4 is 15.8 Å². The van der Waals surface area contributed by atoms with E-state index in [2.05, 4.69) is 21.2 Å². The summed E-state index contributed by atoms with van der Waals surface area (Å²) in [6.07, 6.45) is 0. The van der Waals surface area contributed by atoms with Gasteiger partial charge in [0.2, 0.25) is 0 Å². The summed E-state index contributed by atoms with van der Waals surface area (Å²) in [5.74, 6) is 0.752. The maximum Gasteiger partial charge on any atom is 0.120 e. The second kappa shape index (κ2) is 6.24. The first kappa shape index (κ1) is 14.8. The topological polar surface area (TPSA) is 47.3 Å². The van der Waals surface area contributed by atoms with Gasteiger partial charge in [0.25, 0.3) is 0 Å². The Labute approximate surface area is 132 Å². The van der Waals surface area contributed by atoms with Crippen molar-refractivity contribution in [1.29, 1.82) is 0 Å². The monoisotopic (exact) mass is 350 g/mol. The van der Waals surface area contributed by atoms with E-state index in [9.17, 15) is 0 Å². The summed E-state index contributed by atoms with van der Waals surface area (Å²) >= 11 is 8.54. The van der Waals surface area contributed by atoms with Crippen LogP contribution in [0.15, 0.2) is 40.9 Å². The molecule has 0 bridgehead atoms. The molecule has 104 valence electrons. The number of nitrogens with one attached hydrogen (secondary N) is 1. The summed E-state index contributed by atoms with van der Waals surface area (Å²) in [5.41, 5.74) is 9.52. The molecule has 0 radical (unpaired) electrons. The number of halogens is 1. The standard InChI is InChI=1S/C15H15BrN2OS/c1-9-7-10(16)3-6-13(9)18-14-8-11(19-2)4-5-12(14)15(17)20/h3-8,18H,1-2H3,(H2,17,20). The van der Waals surface area contributed by atoms with E-state index in [-0.39, 0.29) is 0 Å². The van der Waals surface area contributed by atoms with Gasteiger partial charge in [0, 0.05) is 21.8 Å². The van der Waals surface area contributed by atoms with Crippen LogP contribution in [0.2, 0.25) is 0 Å². The molecule has 3 nitrogen and oxygen atoms in total. The number of hydrogen-bond acceptors (Lipinski definition) is 3. The largest absolute Gasteiger partial charge is 0.497 e. The normalized spacial score (nSPS) is 10.2. The van der Waals surface area contributed by atoms with Crippen LogP contribution in [0.5, 0.6) is 5.75 Å². The fraction of sp³-hybridized carbons (Fsp3) is 0.133. The molecule has 0 fully saturated rings. The average Bonchev–Trinajstić information content (AvgIpc) is 2.41. The van der Waals surface area contributed by atoms with Gasteiger partial charge in [0.05, 0.1) is 12.8 Å². The highest BCUT2D eigenvalue weighted by molar-refractivity contribution is 9.10. The molecule has 2 aromatic rings. The van der Waals surface area contributed by atoms with E-state index in [1.54, 1.807) is 7.11 Å². The van der Waals surface area contributed by atoms with Gasteiger partial charge >= 0.3 is 0 Å². The third-order valence-electron chi connectivity index (χ3n) is 2.95. The number of nitrogens with two attached hydrogens (primary N) is 1. The van der Waals surface area contributed by atoms with Crippen LogP contribution in [0, 0.1) is 6.92 Å². The van der Waals surface area contributed by atoms with Gasteiger partial charge in [-0.1, -0.05) is 28.1 Å². The Bertz CT molecular complexity index is 658. The molecule has 3 N–H and O–H groups in total. The second-order valence-corrected chi connectivity index (χ2v) is 5.72. The summed E-state index contributed by atoms with van der Waals surface area (Å²) < 4.78 is 6.29. The molecule has 0 saturated heterocycles. The van der Waals surface area contributed by atoms with Crippen LogP contribution in [-0.2, 0) is 0 Å². The zero-order valence-electron chi connectivity index (χ0n) is 11.2. The third-order valence-corrected chi connectivity index (χ3v) is 3.66. The van der Waals surface area contributed by atoms with E-state index >= 15 is 0 Å². The number of ether oxygens (including phenoxy) is 1. The Morgan fingerprint density at radius 3 is 2.55 bits per heavy atom. The van der Waals surface area contributed by atoms with Gasteiger partial charge in [-0.05, 0) is 42.8 Å². The fourth-order valence-corrected chi connectivity index (χ4v) is 2.53. The molecule has 2 aromatic carbocycles. The van der Waals surface area contributed by atoms with Crippen molar-refractivity contribution in [2.24, 2.45) is 5.73 Å². The van der Waals surface area contributed by atoms with Crippen LogP contribution in [0.4, 0.5) is 11.4 Å². The van der Waals surface area contributed by atoms with Gasteiger partial charge in [-0.2, -0.15) is 0 Å². The van der Waals surface area contributed by atoms with E-state index in [1.807, 2.05) is 43.3 Å². The van der Waals surface area contributed by atoms with Gasteiger partial charge in [-0.3, -0.25) is 0 Å². The highest BCUT2D eigenvalue weighted by atomic mass is 79.9. The minimum absolute atomic E-state index is 0.352. The molecule has 0 heterocycles. The van der Waals surface area contributed by atoms with Gasteiger partial charge in [0.15, 0.2) is 0 Å². The summed E-state index contributed by atoms with van der Waals surface area (Å²) in [7, 11) is 1.63. The molecule has 0 aliphatic carbocycles. The van der Waals surface area contributed by atoms with Crippen molar-refractivity contribution in [2.75, 3.05) is 12.4 Å². The van der Waals surface area contributed by atoms with E-state index in [0.717, 1.165) is 32.7 Å². The number of anilines is 2.